The summed E-state index contributed by atoms with van der Waals surface area (Å²) in [5.74, 6) is -0.514. The van der Waals surface area contributed by atoms with Crippen LogP contribution in [0.2, 0.25) is 0 Å². The third-order valence-electron chi connectivity index (χ3n) is 3.75. The van der Waals surface area contributed by atoms with Gasteiger partial charge in [-0.15, -0.1) is 0 Å². The first-order chi connectivity index (χ1) is 10.8. The first kappa shape index (κ1) is 17.7. The van der Waals surface area contributed by atoms with Crippen molar-refractivity contribution in [3.05, 3.63) is 28.7 Å². The van der Waals surface area contributed by atoms with Crippen molar-refractivity contribution in [3.63, 3.8) is 0 Å². The van der Waals surface area contributed by atoms with Crippen molar-refractivity contribution in [3.8, 4) is 0 Å². The van der Waals surface area contributed by atoms with E-state index in [1.807, 2.05) is 7.05 Å². The number of hydrogen-bond acceptors (Lipinski definition) is 5. The van der Waals surface area contributed by atoms with E-state index in [2.05, 4.69) is 16.5 Å². The van der Waals surface area contributed by atoms with Crippen molar-refractivity contribution < 1.29 is 12.8 Å². The average molecular weight is 341 g/mol. The molecule has 7 nitrogen and oxygen atoms in total. The van der Waals surface area contributed by atoms with Gasteiger partial charge in [-0.1, -0.05) is 13.3 Å². The monoisotopic (exact) mass is 341 g/mol. The number of nitrogens with zero attached hydrogens (tertiary/aromatic N) is 2. The van der Waals surface area contributed by atoms with Crippen LogP contribution in [0.3, 0.4) is 0 Å². The van der Waals surface area contributed by atoms with Crippen molar-refractivity contribution in [2.75, 3.05) is 26.7 Å². The quantitative estimate of drug-likeness (QED) is 0.778. The topological polar surface area (TPSA) is 84.6 Å². The van der Waals surface area contributed by atoms with Gasteiger partial charge in [0.15, 0.2) is 5.58 Å². The largest absolute Gasteiger partial charge is 0.419 e. The van der Waals surface area contributed by atoms with Crippen LogP contribution < -0.4 is 10.5 Å². The lowest BCUT2D eigenvalue weighted by atomic mass is 10.3. The molecule has 0 unspecified atom stereocenters. The van der Waals surface area contributed by atoms with E-state index in [1.54, 1.807) is 13.1 Å². The van der Waals surface area contributed by atoms with Crippen LogP contribution in [-0.2, 0) is 17.1 Å². The van der Waals surface area contributed by atoms with E-state index in [9.17, 15) is 13.2 Å². The molecule has 0 aliphatic heterocycles. The van der Waals surface area contributed by atoms with E-state index in [-0.39, 0.29) is 10.5 Å². The second-order valence-corrected chi connectivity index (χ2v) is 7.38. The van der Waals surface area contributed by atoms with Crippen molar-refractivity contribution in [2.45, 2.75) is 24.7 Å². The number of rotatable bonds is 8. The lowest BCUT2D eigenvalue weighted by molar-refractivity contribution is 0.333. The molecule has 1 aromatic heterocycles. The number of likely N-dealkylation sites (N-methyl/N-ethyl adjacent to an activating group) is 1. The maximum atomic E-state index is 12.3. The minimum Gasteiger partial charge on any atom is -0.408 e. The Morgan fingerprint density at radius 3 is 2.74 bits per heavy atom. The van der Waals surface area contributed by atoms with Crippen molar-refractivity contribution in [1.82, 2.24) is 14.2 Å². The number of oxazole rings is 1. The van der Waals surface area contributed by atoms with Gasteiger partial charge < -0.3 is 9.32 Å². The molecule has 2 rings (SSSR count). The molecule has 8 heteroatoms. The molecule has 0 aliphatic carbocycles. The molecule has 1 N–H and O–H groups in total. The Kier molecular flexibility index (Phi) is 5.61. The molecule has 0 fully saturated rings. The maximum Gasteiger partial charge on any atom is 0.419 e. The zero-order valence-electron chi connectivity index (χ0n) is 13.7. The van der Waals surface area contributed by atoms with Crippen LogP contribution >= 0.6 is 0 Å². The van der Waals surface area contributed by atoms with Gasteiger partial charge in [-0.25, -0.2) is 17.9 Å². The highest BCUT2D eigenvalue weighted by Gasteiger charge is 2.16. The Hall–Kier alpha value is -1.64. The summed E-state index contributed by atoms with van der Waals surface area (Å²) in [6.45, 7) is 4.04. The van der Waals surface area contributed by atoms with Crippen LogP contribution in [0.4, 0.5) is 0 Å². The molecule has 0 radical (unpaired) electrons. The summed E-state index contributed by atoms with van der Waals surface area (Å²) in [6, 6.07) is 4.42. The van der Waals surface area contributed by atoms with Gasteiger partial charge in [0.1, 0.15) is 0 Å². The third kappa shape index (κ3) is 4.21. The van der Waals surface area contributed by atoms with Crippen LogP contribution in [0.15, 0.2) is 32.3 Å². The van der Waals surface area contributed by atoms with Gasteiger partial charge in [0.2, 0.25) is 10.0 Å². The highest BCUT2D eigenvalue weighted by molar-refractivity contribution is 7.89. The minimum atomic E-state index is -3.62. The number of aromatic nitrogens is 1. The fourth-order valence-electron chi connectivity index (χ4n) is 2.28. The molecule has 23 heavy (non-hydrogen) atoms. The molecule has 1 aromatic carbocycles. The summed E-state index contributed by atoms with van der Waals surface area (Å²) in [4.78, 5) is 13.6. The lowest BCUT2D eigenvalue weighted by Crippen LogP contribution is -2.33. The summed E-state index contributed by atoms with van der Waals surface area (Å²) in [6.07, 6.45) is 2.20. The van der Waals surface area contributed by atoms with Gasteiger partial charge in [0, 0.05) is 26.2 Å². The fourth-order valence-corrected chi connectivity index (χ4v) is 3.31. The molecule has 1 heterocycles. The number of unbranched alkanes of at least 4 members (excludes halogenated alkanes) is 1. The maximum absolute atomic E-state index is 12.3. The highest BCUT2D eigenvalue weighted by Crippen LogP contribution is 2.17. The van der Waals surface area contributed by atoms with Crippen molar-refractivity contribution in [2.24, 2.45) is 7.05 Å². The minimum absolute atomic E-state index is 0.0931. The molecular weight excluding hydrogens is 318 g/mol. The van der Waals surface area contributed by atoms with Gasteiger partial charge in [-0.3, -0.25) is 4.57 Å². The molecule has 0 atom stereocenters. The summed E-state index contributed by atoms with van der Waals surface area (Å²) in [5, 5.41) is 0. The van der Waals surface area contributed by atoms with E-state index < -0.39 is 15.8 Å². The molecule has 0 aliphatic rings. The predicted octanol–water partition coefficient (Wildman–Crippen LogP) is 1.14. The number of benzene rings is 1. The van der Waals surface area contributed by atoms with Crippen LogP contribution in [0.25, 0.3) is 11.1 Å². The Bertz CT molecular complexity index is 823. The Balaban J connectivity index is 2.06. The Morgan fingerprint density at radius 2 is 2.04 bits per heavy atom. The highest BCUT2D eigenvalue weighted by atomic mass is 32.2. The second kappa shape index (κ2) is 7.29. The van der Waals surface area contributed by atoms with E-state index in [0.29, 0.717) is 18.6 Å². The smallest absolute Gasteiger partial charge is 0.408 e. The van der Waals surface area contributed by atoms with Gasteiger partial charge in [0.05, 0.1) is 10.4 Å². The molecule has 0 amide bonds. The first-order valence-electron chi connectivity index (χ1n) is 7.63. The molecule has 0 spiro atoms. The molecule has 0 saturated heterocycles. The molecule has 128 valence electrons. The van der Waals surface area contributed by atoms with Gasteiger partial charge in [0.25, 0.3) is 0 Å². The Morgan fingerprint density at radius 1 is 1.30 bits per heavy atom. The zero-order chi connectivity index (χ0) is 17.0. The Labute approximate surface area is 135 Å². The summed E-state index contributed by atoms with van der Waals surface area (Å²) < 4.78 is 33.6. The van der Waals surface area contributed by atoms with E-state index in [4.69, 9.17) is 4.42 Å². The standard InChI is InChI=1S/C15H23N3O4S/c1-4-5-9-17(2)10-8-16-23(20,21)12-6-7-13-14(11-12)22-15(19)18(13)3/h6-7,11,16H,4-5,8-10H2,1-3H3. The van der Waals surface area contributed by atoms with Gasteiger partial charge in [-0.2, -0.15) is 0 Å². The number of fused-ring (bicyclic) bond motifs is 1. The van der Waals surface area contributed by atoms with Crippen LogP contribution in [0.1, 0.15) is 19.8 Å². The van der Waals surface area contributed by atoms with Crippen molar-refractivity contribution in [1.29, 1.82) is 0 Å². The van der Waals surface area contributed by atoms with Gasteiger partial charge >= 0.3 is 5.76 Å². The number of nitrogens with one attached hydrogen (secondary N) is 1. The fraction of sp³-hybridized carbons (Fsp3) is 0.533. The molecular formula is C15H23N3O4S. The van der Waals surface area contributed by atoms with E-state index >= 15 is 0 Å². The molecule has 0 saturated carbocycles. The van der Waals surface area contributed by atoms with E-state index in [0.717, 1.165) is 19.4 Å². The normalized spacial score (nSPS) is 12.3. The lowest BCUT2D eigenvalue weighted by Gasteiger charge is -2.16. The van der Waals surface area contributed by atoms with Crippen molar-refractivity contribution >= 4 is 21.1 Å². The van der Waals surface area contributed by atoms with Crippen LogP contribution in [0, 0.1) is 0 Å². The summed E-state index contributed by atoms with van der Waals surface area (Å²) >= 11 is 0. The predicted molar refractivity (Wildman–Crippen MR) is 89.0 cm³/mol. The van der Waals surface area contributed by atoms with Crippen LogP contribution in [-0.4, -0.2) is 44.6 Å². The van der Waals surface area contributed by atoms with Crippen LogP contribution in [0.5, 0.6) is 0 Å². The van der Waals surface area contributed by atoms with E-state index in [1.165, 1.54) is 16.7 Å². The summed E-state index contributed by atoms with van der Waals surface area (Å²) in [7, 11) is -0.0764. The number of aryl methyl sites for hydroxylation is 1. The summed E-state index contributed by atoms with van der Waals surface area (Å²) in [5.41, 5.74) is 0.827. The SMILES string of the molecule is CCCCN(C)CCNS(=O)(=O)c1ccc2c(c1)oc(=O)n2C. The number of hydrogen-bond donors (Lipinski definition) is 1. The third-order valence-corrected chi connectivity index (χ3v) is 5.21. The molecule has 0 bridgehead atoms. The second-order valence-electron chi connectivity index (χ2n) is 5.61. The zero-order valence-corrected chi connectivity index (χ0v) is 14.5. The molecule has 2 aromatic rings. The first-order valence-corrected chi connectivity index (χ1v) is 9.11. The number of sulfonamides is 1. The average Bonchev–Trinajstić information content (AvgIpc) is 2.79. The van der Waals surface area contributed by atoms with Gasteiger partial charge in [-0.05, 0) is 32.1 Å².